The van der Waals surface area contributed by atoms with E-state index in [-0.39, 0.29) is 6.04 Å². The van der Waals surface area contributed by atoms with Crippen molar-refractivity contribution < 1.29 is 0 Å². The summed E-state index contributed by atoms with van der Waals surface area (Å²) in [6.45, 7) is 8.38. The molecule has 0 bridgehead atoms. The molecule has 2 atom stereocenters. The predicted molar refractivity (Wildman–Crippen MR) is 86.8 cm³/mol. The van der Waals surface area contributed by atoms with Gasteiger partial charge in [0.25, 0.3) is 0 Å². The van der Waals surface area contributed by atoms with E-state index >= 15 is 0 Å². The van der Waals surface area contributed by atoms with E-state index in [9.17, 15) is 0 Å². The average molecular weight is 275 g/mol. The standard InChI is InChI=1S/C15H19NS.C2H6/c1-3-14(16)15-9-13(10-17-15)11(2)12-7-5-4-6-8-12;1-2/h4-11,14H,3,16H2,1-2H3;1-2H3/t11?,14-;/m1./s1. The molecule has 2 N–H and O–H groups in total. The zero-order valence-electron chi connectivity index (χ0n) is 12.4. The third-order valence-electron chi connectivity index (χ3n) is 3.24. The van der Waals surface area contributed by atoms with Crippen LogP contribution in [0.5, 0.6) is 0 Å². The monoisotopic (exact) mass is 275 g/mol. The van der Waals surface area contributed by atoms with Gasteiger partial charge in [0.15, 0.2) is 0 Å². The van der Waals surface area contributed by atoms with E-state index in [1.807, 2.05) is 13.8 Å². The van der Waals surface area contributed by atoms with Gasteiger partial charge in [-0.1, -0.05) is 58.0 Å². The molecule has 1 aromatic carbocycles. The van der Waals surface area contributed by atoms with Crippen LogP contribution in [-0.4, -0.2) is 0 Å². The lowest BCUT2D eigenvalue weighted by atomic mass is 9.95. The van der Waals surface area contributed by atoms with Crippen molar-refractivity contribution in [3.63, 3.8) is 0 Å². The van der Waals surface area contributed by atoms with Crippen LogP contribution < -0.4 is 5.73 Å². The fourth-order valence-corrected chi connectivity index (χ4v) is 3.02. The van der Waals surface area contributed by atoms with Crippen molar-refractivity contribution in [3.05, 3.63) is 57.8 Å². The lowest BCUT2D eigenvalue weighted by Gasteiger charge is -2.10. The first-order valence-corrected chi connectivity index (χ1v) is 7.99. The summed E-state index contributed by atoms with van der Waals surface area (Å²) < 4.78 is 0. The Morgan fingerprint density at radius 1 is 1.11 bits per heavy atom. The minimum Gasteiger partial charge on any atom is -0.323 e. The minimum atomic E-state index is 0.191. The van der Waals surface area contributed by atoms with Crippen LogP contribution >= 0.6 is 11.3 Å². The molecule has 0 spiro atoms. The zero-order valence-corrected chi connectivity index (χ0v) is 13.2. The molecule has 1 unspecified atom stereocenters. The van der Waals surface area contributed by atoms with Gasteiger partial charge in [-0.15, -0.1) is 11.3 Å². The molecule has 104 valence electrons. The second-order valence-electron chi connectivity index (χ2n) is 4.43. The molecule has 1 heterocycles. The lowest BCUT2D eigenvalue weighted by Crippen LogP contribution is -2.06. The highest BCUT2D eigenvalue weighted by Gasteiger charge is 2.12. The molecule has 0 fully saturated rings. The molecule has 0 aliphatic carbocycles. The van der Waals surface area contributed by atoms with Gasteiger partial charge in [-0.3, -0.25) is 0 Å². The van der Waals surface area contributed by atoms with Gasteiger partial charge in [0.05, 0.1) is 0 Å². The van der Waals surface area contributed by atoms with Gasteiger partial charge >= 0.3 is 0 Å². The summed E-state index contributed by atoms with van der Waals surface area (Å²) >= 11 is 1.78. The van der Waals surface area contributed by atoms with Crippen molar-refractivity contribution in [1.82, 2.24) is 0 Å². The third-order valence-corrected chi connectivity index (χ3v) is 4.33. The maximum absolute atomic E-state index is 6.06. The van der Waals surface area contributed by atoms with Crippen LogP contribution in [0.2, 0.25) is 0 Å². The van der Waals surface area contributed by atoms with Crippen molar-refractivity contribution in [2.75, 3.05) is 0 Å². The molecule has 0 amide bonds. The smallest absolute Gasteiger partial charge is 0.0387 e. The molecular formula is C17H25NS. The van der Waals surface area contributed by atoms with E-state index in [0.717, 1.165) is 6.42 Å². The van der Waals surface area contributed by atoms with Gasteiger partial charge < -0.3 is 5.73 Å². The molecule has 1 aromatic heterocycles. The molecule has 19 heavy (non-hydrogen) atoms. The Kier molecular flexibility index (Phi) is 6.82. The van der Waals surface area contributed by atoms with E-state index in [1.54, 1.807) is 11.3 Å². The highest BCUT2D eigenvalue weighted by Crippen LogP contribution is 2.30. The SMILES string of the molecule is CC.CC[C@@H](N)c1cc(C(C)c2ccccc2)cs1. The normalized spacial score (nSPS) is 13.3. The Hall–Kier alpha value is -1.12. The van der Waals surface area contributed by atoms with Gasteiger partial charge in [-0.05, 0) is 29.0 Å². The maximum atomic E-state index is 6.06. The summed E-state index contributed by atoms with van der Waals surface area (Å²) in [5.74, 6) is 0.449. The van der Waals surface area contributed by atoms with Crippen molar-refractivity contribution in [2.45, 2.75) is 46.1 Å². The molecule has 0 radical (unpaired) electrons. The van der Waals surface area contributed by atoms with Crippen LogP contribution in [0.4, 0.5) is 0 Å². The van der Waals surface area contributed by atoms with E-state index in [0.29, 0.717) is 5.92 Å². The molecule has 2 rings (SSSR count). The van der Waals surface area contributed by atoms with Crippen LogP contribution in [0.3, 0.4) is 0 Å². The Morgan fingerprint density at radius 2 is 1.74 bits per heavy atom. The Balaban J connectivity index is 0.000000861. The summed E-state index contributed by atoms with van der Waals surface area (Å²) in [5.41, 5.74) is 8.79. The first kappa shape index (κ1) is 15.9. The van der Waals surface area contributed by atoms with Gasteiger partial charge in [-0.25, -0.2) is 0 Å². The van der Waals surface area contributed by atoms with Crippen molar-refractivity contribution >= 4 is 11.3 Å². The molecule has 2 heteroatoms. The Labute approximate surface area is 121 Å². The van der Waals surface area contributed by atoms with Crippen LogP contribution in [0, 0.1) is 0 Å². The summed E-state index contributed by atoms with van der Waals surface area (Å²) in [7, 11) is 0. The summed E-state index contributed by atoms with van der Waals surface area (Å²) in [6, 6.07) is 13.1. The number of nitrogens with two attached hydrogens (primary N) is 1. The van der Waals surface area contributed by atoms with Crippen LogP contribution in [0.15, 0.2) is 41.8 Å². The molecule has 2 aromatic rings. The lowest BCUT2D eigenvalue weighted by molar-refractivity contribution is 0.711. The number of hydrogen-bond donors (Lipinski definition) is 1. The summed E-state index contributed by atoms with van der Waals surface area (Å²) in [6.07, 6.45) is 1.000. The topological polar surface area (TPSA) is 26.0 Å². The van der Waals surface area contributed by atoms with Crippen molar-refractivity contribution in [1.29, 1.82) is 0 Å². The van der Waals surface area contributed by atoms with Crippen molar-refractivity contribution in [2.24, 2.45) is 5.73 Å². The fourth-order valence-electron chi connectivity index (χ4n) is 1.93. The quantitative estimate of drug-likeness (QED) is 0.801. The number of thiophene rings is 1. The first-order chi connectivity index (χ1) is 9.22. The molecular weight excluding hydrogens is 250 g/mol. The number of hydrogen-bond acceptors (Lipinski definition) is 2. The Bertz CT molecular complexity index is 461. The van der Waals surface area contributed by atoms with Crippen LogP contribution in [0.25, 0.3) is 0 Å². The summed E-state index contributed by atoms with van der Waals surface area (Å²) in [4.78, 5) is 1.30. The molecule has 0 aliphatic heterocycles. The van der Waals surface area contributed by atoms with Gasteiger partial charge in [-0.2, -0.15) is 0 Å². The average Bonchev–Trinajstić information content (AvgIpc) is 2.98. The predicted octanol–water partition coefficient (Wildman–Crippen LogP) is 5.34. The molecule has 0 saturated heterocycles. The van der Waals surface area contributed by atoms with E-state index in [2.05, 4.69) is 55.6 Å². The Morgan fingerprint density at radius 3 is 2.32 bits per heavy atom. The summed E-state index contributed by atoms with van der Waals surface area (Å²) in [5, 5.41) is 2.24. The van der Waals surface area contributed by atoms with Crippen molar-refractivity contribution in [3.8, 4) is 0 Å². The van der Waals surface area contributed by atoms with Gasteiger partial charge in [0.1, 0.15) is 0 Å². The molecule has 0 saturated carbocycles. The maximum Gasteiger partial charge on any atom is 0.0387 e. The van der Waals surface area contributed by atoms with E-state index < -0.39 is 0 Å². The minimum absolute atomic E-state index is 0.191. The van der Waals surface area contributed by atoms with Crippen LogP contribution in [0.1, 0.15) is 62.1 Å². The second kappa shape index (κ2) is 8.13. The zero-order chi connectivity index (χ0) is 14.3. The second-order valence-corrected chi connectivity index (χ2v) is 5.37. The van der Waals surface area contributed by atoms with Crippen LogP contribution in [-0.2, 0) is 0 Å². The highest BCUT2D eigenvalue weighted by atomic mass is 32.1. The molecule has 0 aliphatic rings. The number of rotatable bonds is 4. The largest absolute Gasteiger partial charge is 0.323 e. The van der Waals surface area contributed by atoms with E-state index in [4.69, 9.17) is 5.73 Å². The van der Waals surface area contributed by atoms with Gasteiger partial charge in [0, 0.05) is 16.8 Å². The van der Waals surface area contributed by atoms with Gasteiger partial charge in [0.2, 0.25) is 0 Å². The molecule has 1 nitrogen and oxygen atoms in total. The fraction of sp³-hybridized carbons (Fsp3) is 0.412. The highest BCUT2D eigenvalue weighted by molar-refractivity contribution is 7.10. The first-order valence-electron chi connectivity index (χ1n) is 7.11. The van der Waals surface area contributed by atoms with E-state index in [1.165, 1.54) is 16.0 Å². The number of benzene rings is 1. The third kappa shape index (κ3) is 4.19.